The summed E-state index contributed by atoms with van der Waals surface area (Å²) in [5.74, 6) is 0. The zero-order chi connectivity index (χ0) is 5.28. The van der Waals surface area contributed by atoms with Crippen LogP contribution < -0.4 is 0 Å². The molecule has 3 heteroatoms. The van der Waals surface area contributed by atoms with Gasteiger partial charge in [0.25, 0.3) is 0 Å². The van der Waals surface area contributed by atoms with Crippen LogP contribution in [0.4, 0.5) is 0 Å². The summed E-state index contributed by atoms with van der Waals surface area (Å²) in [5, 5.41) is 0. The minimum absolute atomic E-state index is 0. The quantitative estimate of drug-likeness (QED) is 0.662. The second-order valence-electron chi connectivity index (χ2n) is 1.48. The molecule has 0 fully saturated rings. The van der Waals surface area contributed by atoms with Gasteiger partial charge in [-0.15, -0.1) is 11.1 Å². The fourth-order valence-electron chi connectivity index (χ4n) is 0.307. The molecule has 0 N–H and O–H groups in total. The molecule has 0 saturated carbocycles. The van der Waals surface area contributed by atoms with Crippen LogP contribution in [0.15, 0.2) is 0 Å². The van der Waals surface area contributed by atoms with Gasteiger partial charge in [0.2, 0.25) is 0 Å². The molecule has 45 valence electrons. The van der Waals surface area contributed by atoms with E-state index in [-0.39, 0.29) is 20.4 Å². The minimum atomic E-state index is 0. The summed E-state index contributed by atoms with van der Waals surface area (Å²) < 4.78 is 3.84. The summed E-state index contributed by atoms with van der Waals surface area (Å²) in [6.07, 6.45) is 2.84. The first-order valence-corrected chi connectivity index (χ1v) is 2.88. The molecule has 0 aromatic carbocycles. The molecule has 1 rings (SSSR count). The third-order valence-electron chi connectivity index (χ3n) is 0.924. The fraction of sp³-hybridized carbons (Fsp3) is 0.400. The molecular formula is C5H6NReS-. The van der Waals surface area contributed by atoms with E-state index in [9.17, 15) is 0 Å². The fourth-order valence-corrected chi connectivity index (χ4v) is 0.809. The normalized spacial score (nSPS) is 8.25. The zero-order valence-electron chi connectivity index (χ0n) is 4.73. The third-order valence-corrected chi connectivity index (χ3v) is 1.69. The van der Waals surface area contributed by atoms with E-state index in [0.29, 0.717) is 0 Å². The zero-order valence-corrected chi connectivity index (χ0v) is 8.27. The Labute approximate surface area is 66.9 Å². The van der Waals surface area contributed by atoms with Crippen LogP contribution in [-0.2, 0) is 20.4 Å². The molecule has 0 aliphatic heterocycles. The third kappa shape index (κ3) is 1.66. The van der Waals surface area contributed by atoms with E-state index in [4.69, 9.17) is 0 Å². The van der Waals surface area contributed by atoms with Crippen LogP contribution in [0.2, 0.25) is 0 Å². The first-order valence-electron chi connectivity index (χ1n) is 2.11. The van der Waals surface area contributed by atoms with Gasteiger partial charge in [0.1, 0.15) is 0 Å². The van der Waals surface area contributed by atoms with Gasteiger partial charge in [-0.1, -0.05) is 13.8 Å². The van der Waals surface area contributed by atoms with Gasteiger partial charge in [-0.3, -0.25) is 0 Å². The first kappa shape index (κ1) is 8.29. The second kappa shape index (κ2) is 3.34. The van der Waals surface area contributed by atoms with Crippen LogP contribution in [0, 0.1) is 20.0 Å². The van der Waals surface area contributed by atoms with Gasteiger partial charge in [-0.05, 0) is 0 Å². The van der Waals surface area contributed by atoms with Crippen LogP contribution in [0.5, 0.6) is 0 Å². The van der Waals surface area contributed by atoms with Crippen molar-refractivity contribution in [2.75, 3.05) is 0 Å². The molecule has 0 unspecified atom stereocenters. The van der Waals surface area contributed by atoms with Crippen molar-refractivity contribution in [3.63, 3.8) is 0 Å². The molecule has 8 heavy (non-hydrogen) atoms. The molecule has 0 spiro atoms. The number of aryl methyl sites for hydroxylation is 2. The van der Waals surface area contributed by atoms with Gasteiger partial charge >= 0.3 is 0 Å². The molecule has 0 saturated heterocycles. The number of rotatable bonds is 0. The van der Waals surface area contributed by atoms with Crippen LogP contribution in [0.25, 0.3) is 0 Å². The van der Waals surface area contributed by atoms with Crippen molar-refractivity contribution in [3.8, 4) is 0 Å². The van der Waals surface area contributed by atoms with Crippen LogP contribution in [0.1, 0.15) is 10.4 Å². The Morgan fingerprint density at radius 1 is 1.50 bits per heavy atom. The Balaban J connectivity index is 0.000000490. The molecule has 1 aromatic heterocycles. The van der Waals surface area contributed by atoms with Gasteiger partial charge in [0.15, 0.2) is 0 Å². The van der Waals surface area contributed by atoms with E-state index in [2.05, 4.69) is 10.6 Å². The average molecular weight is 298 g/mol. The Morgan fingerprint density at radius 3 is 2.25 bits per heavy atom. The van der Waals surface area contributed by atoms with Crippen molar-refractivity contribution < 1.29 is 20.4 Å². The first-order chi connectivity index (χ1) is 3.30. The van der Waals surface area contributed by atoms with E-state index in [0.717, 1.165) is 0 Å². The van der Waals surface area contributed by atoms with Crippen molar-refractivity contribution in [2.24, 2.45) is 0 Å². The SMILES string of the molecule is Cc1[c-]nsc1C.[Re]. The van der Waals surface area contributed by atoms with Crippen molar-refractivity contribution in [1.29, 1.82) is 0 Å². The summed E-state index contributed by atoms with van der Waals surface area (Å²) in [5.41, 5.74) is 1.17. The Hall–Kier alpha value is 0.292. The number of aromatic nitrogens is 1. The minimum Gasteiger partial charge on any atom is -0.324 e. The van der Waals surface area contributed by atoms with E-state index >= 15 is 0 Å². The maximum absolute atomic E-state index is 3.84. The van der Waals surface area contributed by atoms with Crippen molar-refractivity contribution in [3.05, 3.63) is 16.6 Å². The van der Waals surface area contributed by atoms with Gasteiger partial charge in [0, 0.05) is 20.4 Å². The van der Waals surface area contributed by atoms with Crippen LogP contribution in [0.3, 0.4) is 0 Å². The Bertz CT molecular complexity index is 145. The predicted molar refractivity (Wildman–Crippen MR) is 30.4 cm³/mol. The maximum Gasteiger partial charge on any atom is 0 e. The van der Waals surface area contributed by atoms with Crippen molar-refractivity contribution in [2.45, 2.75) is 13.8 Å². The van der Waals surface area contributed by atoms with Crippen LogP contribution >= 0.6 is 11.5 Å². The summed E-state index contributed by atoms with van der Waals surface area (Å²) in [4.78, 5) is 1.26. The van der Waals surface area contributed by atoms with E-state index < -0.39 is 0 Å². The molecule has 0 aliphatic carbocycles. The number of hydrogen-bond donors (Lipinski definition) is 0. The standard InChI is InChI=1S/C5H6NS.Re/c1-4-3-6-7-5(4)2;/h1-2H3;/q-1;. The summed E-state index contributed by atoms with van der Waals surface area (Å²) in [6, 6.07) is 0. The molecule has 1 nitrogen and oxygen atoms in total. The molecule has 0 aliphatic rings. The predicted octanol–water partition coefficient (Wildman–Crippen LogP) is 1.56. The topological polar surface area (TPSA) is 12.9 Å². The van der Waals surface area contributed by atoms with Gasteiger partial charge in [-0.25, -0.2) is 0 Å². The summed E-state index contributed by atoms with van der Waals surface area (Å²) in [7, 11) is 0. The number of hydrogen-bond acceptors (Lipinski definition) is 2. The van der Waals surface area contributed by atoms with E-state index in [1.54, 1.807) is 0 Å². The van der Waals surface area contributed by atoms with E-state index in [1.807, 2.05) is 13.8 Å². The average Bonchev–Trinajstić information content (AvgIpc) is 1.91. The molecular weight excluding hydrogens is 292 g/mol. The number of nitrogens with zero attached hydrogens (tertiary/aromatic N) is 1. The summed E-state index contributed by atoms with van der Waals surface area (Å²) >= 11 is 1.50. The summed E-state index contributed by atoms with van der Waals surface area (Å²) in [6.45, 7) is 4.06. The second-order valence-corrected chi connectivity index (χ2v) is 2.45. The van der Waals surface area contributed by atoms with Crippen molar-refractivity contribution in [1.82, 2.24) is 4.37 Å². The maximum atomic E-state index is 3.84. The molecule has 0 atom stereocenters. The Kier molecular flexibility index (Phi) is 3.47. The molecule has 0 bridgehead atoms. The largest absolute Gasteiger partial charge is 0.324 e. The smallest absolute Gasteiger partial charge is 0 e. The van der Waals surface area contributed by atoms with Gasteiger partial charge in [-0.2, -0.15) is 17.1 Å². The van der Waals surface area contributed by atoms with Gasteiger partial charge in [0.05, 0.1) is 0 Å². The molecule has 1 heterocycles. The van der Waals surface area contributed by atoms with Gasteiger partial charge < -0.3 is 4.37 Å². The van der Waals surface area contributed by atoms with E-state index in [1.165, 1.54) is 22.0 Å². The van der Waals surface area contributed by atoms with Crippen molar-refractivity contribution >= 4 is 11.5 Å². The Morgan fingerprint density at radius 2 is 2.12 bits per heavy atom. The molecule has 1 aromatic rings. The monoisotopic (exact) mass is 299 g/mol. The van der Waals surface area contributed by atoms with Crippen LogP contribution in [-0.4, -0.2) is 4.37 Å². The molecule has 1 radical (unpaired) electrons. The molecule has 0 amide bonds.